The number of hydrogen-bond donors (Lipinski definition) is 2. The third-order valence-corrected chi connectivity index (χ3v) is 13.1. The lowest BCUT2D eigenvalue weighted by atomic mass is 9.68. The van der Waals surface area contributed by atoms with Gasteiger partial charge in [0.05, 0.1) is 17.7 Å². The summed E-state index contributed by atoms with van der Waals surface area (Å²) < 4.78 is 13.2. The van der Waals surface area contributed by atoms with E-state index in [4.69, 9.17) is 14.9 Å². The van der Waals surface area contributed by atoms with Crippen molar-refractivity contribution in [2.24, 2.45) is 5.41 Å². The molecule has 204 valence electrons. The fraction of sp³-hybridized carbons (Fsp3) is 0.567. The zero-order valence-electron chi connectivity index (χ0n) is 23.9. The van der Waals surface area contributed by atoms with Gasteiger partial charge in [0.2, 0.25) is 0 Å². The van der Waals surface area contributed by atoms with Crippen molar-refractivity contribution in [2.75, 3.05) is 12.3 Å². The van der Waals surface area contributed by atoms with E-state index in [2.05, 4.69) is 54.6 Å². The minimum absolute atomic E-state index is 0.0181. The summed E-state index contributed by atoms with van der Waals surface area (Å²) in [5, 5.41) is 10.7. The summed E-state index contributed by atoms with van der Waals surface area (Å²) in [6, 6.07) is 17.2. The van der Waals surface area contributed by atoms with Crippen molar-refractivity contribution in [3.05, 3.63) is 60.2 Å². The zero-order chi connectivity index (χ0) is 27.6. The number of nitrogens with zero attached hydrogens (tertiary/aromatic N) is 1. The summed E-state index contributed by atoms with van der Waals surface area (Å²) in [4.78, 5) is 14.8. The first kappa shape index (κ1) is 29.0. The quantitative estimate of drug-likeness (QED) is 0.280. The molecule has 3 N–H and O–H groups in total. The van der Waals surface area contributed by atoms with Gasteiger partial charge in [0.25, 0.3) is 0 Å². The molecule has 1 fully saturated rings. The normalized spacial score (nSPS) is 21.6. The Morgan fingerprint density at radius 3 is 2.19 bits per heavy atom. The molecule has 37 heavy (non-hydrogen) atoms. The first-order chi connectivity index (χ1) is 17.1. The summed E-state index contributed by atoms with van der Waals surface area (Å²) in [7, 11) is -2.22. The topological polar surface area (TPSA) is 85.0 Å². The van der Waals surface area contributed by atoms with Gasteiger partial charge in [0.15, 0.2) is 8.32 Å². The second kappa shape index (κ2) is 10.7. The molecule has 2 aromatic rings. The molecule has 0 saturated carbocycles. The molecule has 1 heterocycles. The van der Waals surface area contributed by atoms with Crippen LogP contribution in [0.3, 0.4) is 0 Å². The number of amides is 1. The molecule has 6 nitrogen and oxygen atoms in total. The third kappa shape index (κ3) is 6.32. The van der Waals surface area contributed by atoms with Gasteiger partial charge in [-0.25, -0.2) is 4.79 Å². The first-order valence-electron chi connectivity index (χ1n) is 13.3. The molecule has 3 rings (SSSR count). The molecule has 1 saturated heterocycles. The molecule has 1 aliphatic rings. The number of ether oxygens (including phenoxy) is 1. The maximum Gasteiger partial charge on any atom is 0.408 e. The summed E-state index contributed by atoms with van der Waals surface area (Å²) in [5.74, 6) is 0.759. The highest BCUT2D eigenvalue weighted by molar-refractivity contribution is 6.74. The molecule has 0 aliphatic carbocycles. The first-order valence-corrected chi connectivity index (χ1v) is 16.2. The van der Waals surface area contributed by atoms with E-state index in [9.17, 15) is 9.90 Å². The second-order valence-electron chi connectivity index (χ2n) is 13.0. The largest absolute Gasteiger partial charge is 0.491 e. The molecule has 1 amide bonds. The Morgan fingerprint density at radius 2 is 1.68 bits per heavy atom. The number of carboxylic acid groups (broad SMARTS) is 1. The molecule has 3 atom stereocenters. The molecular weight excluding hydrogens is 480 g/mol. The van der Waals surface area contributed by atoms with Crippen molar-refractivity contribution in [3.63, 3.8) is 0 Å². The average molecular weight is 527 g/mol. The Kier molecular flexibility index (Phi) is 8.40. The molecule has 2 aromatic carbocycles. The SMILES string of the molecule is CC(C)(C)[C@]1(Cc2ccc(N)cc2)CC[C@H]([C@@H](COc2ccccc2)O[Si](C)(C)C(C)(C)C)N1C(=O)O. The van der Waals surface area contributed by atoms with Crippen LogP contribution in [0.1, 0.15) is 59.9 Å². The maximum atomic E-state index is 13.1. The lowest BCUT2D eigenvalue weighted by molar-refractivity contribution is -0.0234. The Hall–Kier alpha value is -2.51. The number of hydrogen-bond acceptors (Lipinski definition) is 4. The summed E-state index contributed by atoms with van der Waals surface area (Å²) in [5.41, 5.74) is 6.82. The third-order valence-electron chi connectivity index (χ3n) is 8.56. The van der Waals surface area contributed by atoms with Crippen LogP contribution in [0.5, 0.6) is 5.75 Å². The molecule has 1 aliphatic heterocycles. The van der Waals surface area contributed by atoms with Crippen LogP contribution >= 0.6 is 0 Å². The van der Waals surface area contributed by atoms with E-state index in [1.54, 1.807) is 4.90 Å². The Morgan fingerprint density at radius 1 is 1.08 bits per heavy atom. The van der Waals surface area contributed by atoms with Crippen molar-refractivity contribution in [3.8, 4) is 5.75 Å². The Bertz CT molecular complexity index is 1040. The van der Waals surface area contributed by atoms with E-state index in [0.29, 0.717) is 18.7 Å². The predicted molar refractivity (Wildman–Crippen MR) is 154 cm³/mol. The summed E-state index contributed by atoms with van der Waals surface area (Å²) in [6.07, 6.45) is 0.798. The lowest BCUT2D eigenvalue weighted by Gasteiger charge is -2.50. The van der Waals surface area contributed by atoms with Crippen LogP contribution in [0.4, 0.5) is 10.5 Å². The van der Waals surface area contributed by atoms with Crippen molar-refractivity contribution in [1.29, 1.82) is 0 Å². The predicted octanol–water partition coefficient (Wildman–Crippen LogP) is 7.21. The number of anilines is 1. The van der Waals surface area contributed by atoms with Gasteiger partial charge >= 0.3 is 6.09 Å². The summed E-state index contributed by atoms with van der Waals surface area (Å²) in [6.45, 7) is 17.8. The summed E-state index contributed by atoms with van der Waals surface area (Å²) >= 11 is 0. The van der Waals surface area contributed by atoms with Gasteiger partial charge in [-0.3, -0.25) is 4.90 Å². The fourth-order valence-corrected chi connectivity index (χ4v) is 6.59. The van der Waals surface area contributed by atoms with E-state index in [1.807, 2.05) is 54.6 Å². The number of benzene rings is 2. The molecule has 7 heteroatoms. The number of rotatable bonds is 8. The smallest absolute Gasteiger partial charge is 0.408 e. The van der Waals surface area contributed by atoms with E-state index >= 15 is 0 Å². The van der Waals surface area contributed by atoms with Crippen molar-refractivity contribution >= 4 is 20.1 Å². The van der Waals surface area contributed by atoms with Gasteiger partial charge < -0.3 is 20.0 Å². The molecule has 0 unspecified atom stereocenters. The van der Waals surface area contributed by atoms with Crippen molar-refractivity contribution in [1.82, 2.24) is 4.90 Å². The second-order valence-corrected chi connectivity index (χ2v) is 17.8. The van der Waals surface area contributed by atoms with E-state index in [-0.39, 0.29) is 22.6 Å². The number of likely N-dealkylation sites (tertiary alicyclic amines) is 1. The monoisotopic (exact) mass is 526 g/mol. The minimum atomic E-state index is -2.22. The molecule has 0 radical (unpaired) electrons. The van der Waals surface area contributed by atoms with Gasteiger partial charge in [0.1, 0.15) is 12.4 Å². The standard InChI is InChI=1S/C30H46N2O4Si/c1-28(2,3)30(20-22-14-16-23(31)17-15-22)19-18-25(32(30)27(33)34)26(36-37(7,8)29(4,5)6)21-35-24-12-10-9-11-13-24/h9-17,25-26H,18-21,31H2,1-8H3,(H,33,34)/t25-,26-,30-/m1/s1. The van der Waals surface area contributed by atoms with Gasteiger partial charge in [-0.15, -0.1) is 0 Å². The molecule has 0 aromatic heterocycles. The highest BCUT2D eigenvalue weighted by Gasteiger charge is 2.58. The average Bonchev–Trinajstić information content (AvgIpc) is 3.19. The van der Waals surface area contributed by atoms with Crippen LogP contribution in [0.2, 0.25) is 18.1 Å². The van der Waals surface area contributed by atoms with E-state index in [1.165, 1.54) is 0 Å². The molecule has 0 spiro atoms. The van der Waals surface area contributed by atoms with E-state index < -0.39 is 19.9 Å². The van der Waals surface area contributed by atoms with Gasteiger partial charge in [0, 0.05) is 5.69 Å². The number of carbonyl (C=O) groups is 1. The highest BCUT2D eigenvalue weighted by Crippen LogP contribution is 2.50. The van der Waals surface area contributed by atoms with Gasteiger partial charge in [-0.2, -0.15) is 0 Å². The molecular formula is C30H46N2O4Si. The Balaban J connectivity index is 2.02. The van der Waals surface area contributed by atoms with Crippen LogP contribution in [-0.4, -0.2) is 48.7 Å². The number of nitrogen functional groups attached to an aromatic ring is 1. The fourth-order valence-electron chi connectivity index (χ4n) is 5.25. The van der Waals surface area contributed by atoms with Crippen LogP contribution in [0, 0.1) is 5.41 Å². The lowest BCUT2D eigenvalue weighted by Crippen LogP contribution is -2.62. The van der Waals surface area contributed by atoms with Crippen molar-refractivity contribution < 1.29 is 19.1 Å². The zero-order valence-corrected chi connectivity index (χ0v) is 24.9. The van der Waals surface area contributed by atoms with Crippen molar-refractivity contribution in [2.45, 2.75) is 96.6 Å². The van der Waals surface area contributed by atoms with Crippen LogP contribution < -0.4 is 10.5 Å². The molecule has 0 bridgehead atoms. The number of nitrogens with two attached hydrogens (primary N) is 1. The Labute approximate surface area is 224 Å². The van der Waals surface area contributed by atoms with E-state index in [0.717, 1.165) is 24.2 Å². The minimum Gasteiger partial charge on any atom is -0.491 e. The van der Waals surface area contributed by atoms with Gasteiger partial charge in [-0.1, -0.05) is 71.9 Å². The highest BCUT2D eigenvalue weighted by atomic mass is 28.4. The maximum absolute atomic E-state index is 13.1. The van der Waals surface area contributed by atoms with Crippen LogP contribution in [-0.2, 0) is 10.8 Å². The van der Waals surface area contributed by atoms with Crippen LogP contribution in [0.15, 0.2) is 54.6 Å². The number of para-hydroxylation sites is 1. The van der Waals surface area contributed by atoms with Gasteiger partial charge in [-0.05, 0) is 72.6 Å². The van der Waals surface area contributed by atoms with Crippen LogP contribution in [0.25, 0.3) is 0 Å².